The molecule has 30 heavy (non-hydrogen) atoms. The predicted octanol–water partition coefficient (Wildman–Crippen LogP) is 4.99. The lowest BCUT2D eigenvalue weighted by Gasteiger charge is -2.19. The molecule has 0 aliphatic heterocycles. The molecule has 1 amide bonds. The summed E-state index contributed by atoms with van der Waals surface area (Å²) in [6.45, 7) is 0.00458. The molecule has 0 bridgehead atoms. The molecule has 0 aliphatic rings. The van der Waals surface area contributed by atoms with Crippen molar-refractivity contribution >= 4 is 49.1 Å². The number of aromatic nitrogens is 2. The molecule has 5 nitrogen and oxygen atoms in total. The van der Waals surface area contributed by atoms with Crippen molar-refractivity contribution in [3.63, 3.8) is 0 Å². The Morgan fingerprint density at radius 3 is 2.60 bits per heavy atom. The summed E-state index contributed by atoms with van der Waals surface area (Å²) in [5.41, 5.74) is 5.91. The van der Waals surface area contributed by atoms with E-state index in [-0.39, 0.29) is 18.5 Å². The second-order valence-corrected chi connectivity index (χ2v) is 9.28. The van der Waals surface area contributed by atoms with E-state index in [9.17, 15) is 18.0 Å². The summed E-state index contributed by atoms with van der Waals surface area (Å²) in [5.74, 6) is -0.398. The Balaban J connectivity index is 1.80. The standard InChI is InChI=1S/C19H17Br2F3N4OS/c1-28-16(14(21)9-26-28)17-13(20)7-15(30-17)18(29)27-11(8-25)6-10-4-2-3-5-12(10)19(22,23)24/h2-5,7,9,11H,6,8,25H2,1H3,(H,27,29)/t11-/m0/s1. The predicted molar refractivity (Wildman–Crippen MR) is 117 cm³/mol. The van der Waals surface area contributed by atoms with Gasteiger partial charge in [-0.1, -0.05) is 18.2 Å². The average Bonchev–Trinajstić information content (AvgIpc) is 3.22. The molecule has 0 radical (unpaired) electrons. The number of aryl methyl sites for hydroxylation is 1. The Morgan fingerprint density at radius 1 is 1.30 bits per heavy atom. The first-order valence-corrected chi connectivity index (χ1v) is 11.1. The smallest absolute Gasteiger partial charge is 0.347 e. The van der Waals surface area contributed by atoms with Crippen LogP contribution in [-0.2, 0) is 19.6 Å². The molecule has 3 rings (SSSR count). The lowest BCUT2D eigenvalue weighted by molar-refractivity contribution is -0.138. The molecule has 2 aromatic heterocycles. The van der Waals surface area contributed by atoms with Gasteiger partial charge in [0.2, 0.25) is 0 Å². The van der Waals surface area contributed by atoms with Crippen LogP contribution < -0.4 is 11.1 Å². The van der Waals surface area contributed by atoms with Crippen molar-refractivity contribution in [2.45, 2.75) is 18.6 Å². The van der Waals surface area contributed by atoms with Crippen molar-refractivity contribution < 1.29 is 18.0 Å². The molecule has 0 spiro atoms. The minimum absolute atomic E-state index is 0.00458. The number of thiophene rings is 1. The minimum atomic E-state index is -4.47. The minimum Gasteiger partial charge on any atom is -0.347 e. The highest BCUT2D eigenvalue weighted by Crippen LogP contribution is 2.39. The van der Waals surface area contributed by atoms with Crippen LogP contribution in [0.5, 0.6) is 0 Å². The summed E-state index contributed by atoms with van der Waals surface area (Å²) >= 11 is 8.15. The number of nitrogens with one attached hydrogen (secondary N) is 1. The first kappa shape index (κ1) is 23.0. The van der Waals surface area contributed by atoms with Crippen molar-refractivity contribution in [2.75, 3.05) is 6.54 Å². The Hall–Kier alpha value is -1.69. The zero-order valence-corrected chi connectivity index (χ0v) is 19.6. The van der Waals surface area contributed by atoms with Gasteiger partial charge in [0, 0.05) is 24.1 Å². The van der Waals surface area contributed by atoms with E-state index in [2.05, 4.69) is 42.3 Å². The van der Waals surface area contributed by atoms with Crippen LogP contribution in [0.25, 0.3) is 10.6 Å². The number of benzene rings is 1. The number of alkyl halides is 3. The Kier molecular flexibility index (Phi) is 7.05. The average molecular weight is 566 g/mol. The van der Waals surface area contributed by atoms with E-state index in [1.165, 1.54) is 29.5 Å². The summed E-state index contributed by atoms with van der Waals surface area (Å²) in [5, 5.41) is 6.92. The lowest BCUT2D eigenvalue weighted by Crippen LogP contribution is -2.41. The summed E-state index contributed by atoms with van der Waals surface area (Å²) in [4.78, 5) is 14.0. The SMILES string of the molecule is Cn1ncc(Br)c1-c1sc(C(=O)N[C@H](CN)Cc2ccccc2C(F)(F)F)cc1Br. The van der Waals surface area contributed by atoms with E-state index in [1.54, 1.807) is 24.0 Å². The van der Waals surface area contributed by atoms with Gasteiger partial charge in [-0.05, 0) is 56.0 Å². The van der Waals surface area contributed by atoms with Crippen molar-refractivity contribution in [1.29, 1.82) is 0 Å². The highest BCUT2D eigenvalue weighted by Gasteiger charge is 2.33. The van der Waals surface area contributed by atoms with Crippen molar-refractivity contribution in [1.82, 2.24) is 15.1 Å². The molecule has 0 aliphatic carbocycles. The number of hydrogen-bond acceptors (Lipinski definition) is 4. The molecule has 0 saturated carbocycles. The fourth-order valence-corrected chi connectivity index (χ4v) is 5.53. The van der Waals surface area contributed by atoms with Gasteiger partial charge in [-0.25, -0.2) is 0 Å². The van der Waals surface area contributed by atoms with Gasteiger partial charge in [-0.15, -0.1) is 11.3 Å². The highest BCUT2D eigenvalue weighted by molar-refractivity contribution is 9.11. The zero-order valence-electron chi connectivity index (χ0n) is 15.6. The van der Waals surface area contributed by atoms with Gasteiger partial charge in [-0.3, -0.25) is 9.48 Å². The molecule has 3 aromatic rings. The number of nitrogens with two attached hydrogens (primary N) is 1. The monoisotopic (exact) mass is 564 g/mol. The fraction of sp³-hybridized carbons (Fsp3) is 0.263. The van der Waals surface area contributed by atoms with E-state index in [4.69, 9.17) is 5.73 Å². The molecule has 11 heteroatoms. The molecule has 3 N–H and O–H groups in total. The fourth-order valence-electron chi connectivity index (χ4n) is 3.00. The van der Waals surface area contributed by atoms with E-state index < -0.39 is 23.7 Å². The van der Waals surface area contributed by atoms with Crippen LogP contribution in [0.15, 0.2) is 45.5 Å². The third kappa shape index (κ3) is 4.96. The van der Waals surface area contributed by atoms with Crippen LogP contribution >= 0.6 is 43.2 Å². The van der Waals surface area contributed by atoms with E-state index in [1.807, 2.05) is 0 Å². The third-order valence-electron chi connectivity index (χ3n) is 4.43. The van der Waals surface area contributed by atoms with Crippen LogP contribution in [-0.4, -0.2) is 28.3 Å². The van der Waals surface area contributed by atoms with Gasteiger partial charge < -0.3 is 11.1 Å². The first-order chi connectivity index (χ1) is 14.1. The largest absolute Gasteiger partial charge is 0.416 e. The number of amides is 1. The van der Waals surface area contributed by atoms with Gasteiger partial charge in [0.15, 0.2) is 0 Å². The molecular weight excluding hydrogens is 549 g/mol. The van der Waals surface area contributed by atoms with E-state index in [0.717, 1.165) is 21.1 Å². The first-order valence-electron chi connectivity index (χ1n) is 8.75. The maximum Gasteiger partial charge on any atom is 0.416 e. The topological polar surface area (TPSA) is 72.9 Å². The summed E-state index contributed by atoms with van der Waals surface area (Å²) < 4.78 is 42.9. The maximum absolute atomic E-state index is 13.2. The number of halogens is 5. The van der Waals surface area contributed by atoms with Gasteiger partial charge >= 0.3 is 6.18 Å². The van der Waals surface area contributed by atoms with Crippen LogP contribution in [0, 0.1) is 0 Å². The van der Waals surface area contributed by atoms with Crippen molar-refractivity contribution in [2.24, 2.45) is 12.8 Å². The normalized spacial score (nSPS) is 12.8. The van der Waals surface area contributed by atoms with Gasteiger partial charge in [0.25, 0.3) is 5.91 Å². The maximum atomic E-state index is 13.2. The molecule has 2 heterocycles. The summed E-state index contributed by atoms with van der Waals surface area (Å²) in [6, 6.07) is 6.33. The second kappa shape index (κ2) is 9.21. The number of rotatable bonds is 6. The Labute approximate surface area is 191 Å². The number of carbonyl (C=O) groups excluding carboxylic acids is 1. The van der Waals surface area contributed by atoms with Gasteiger partial charge in [-0.2, -0.15) is 18.3 Å². The molecule has 1 aromatic carbocycles. The number of nitrogens with zero attached hydrogens (tertiary/aromatic N) is 2. The quantitative estimate of drug-likeness (QED) is 0.442. The van der Waals surface area contributed by atoms with E-state index in [0.29, 0.717) is 9.35 Å². The second-order valence-electron chi connectivity index (χ2n) is 6.52. The van der Waals surface area contributed by atoms with Crippen LogP contribution in [0.4, 0.5) is 13.2 Å². The molecule has 160 valence electrons. The van der Waals surface area contributed by atoms with Crippen molar-refractivity contribution in [3.8, 4) is 10.6 Å². The Bertz CT molecular complexity index is 1040. The Morgan fingerprint density at radius 2 is 2.00 bits per heavy atom. The summed E-state index contributed by atoms with van der Waals surface area (Å²) in [6.07, 6.45) is -2.84. The van der Waals surface area contributed by atoms with Crippen LogP contribution in [0.3, 0.4) is 0 Å². The third-order valence-corrected chi connectivity index (χ3v) is 7.04. The van der Waals surface area contributed by atoms with Gasteiger partial charge in [0.1, 0.15) is 0 Å². The van der Waals surface area contributed by atoms with E-state index >= 15 is 0 Å². The highest BCUT2D eigenvalue weighted by atomic mass is 79.9. The number of hydrogen-bond donors (Lipinski definition) is 2. The van der Waals surface area contributed by atoms with Crippen molar-refractivity contribution in [3.05, 3.63) is 61.5 Å². The number of carbonyl (C=O) groups is 1. The zero-order chi connectivity index (χ0) is 22.1. The van der Waals surface area contributed by atoms with Crippen LogP contribution in [0.1, 0.15) is 20.8 Å². The van der Waals surface area contributed by atoms with Crippen LogP contribution in [0.2, 0.25) is 0 Å². The van der Waals surface area contributed by atoms with Gasteiger partial charge in [0.05, 0.1) is 31.7 Å². The molecule has 0 fully saturated rings. The molecular formula is C19H17Br2F3N4OS. The molecule has 0 saturated heterocycles. The molecule has 1 atom stereocenters. The molecule has 0 unspecified atom stereocenters. The summed E-state index contributed by atoms with van der Waals surface area (Å²) in [7, 11) is 1.79. The lowest BCUT2D eigenvalue weighted by atomic mass is 9.99.